The minimum Gasteiger partial charge on any atom is -0.489 e. The number of benzene rings is 4. The zero-order valence-corrected chi connectivity index (χ0v) is 19.5. The lowest BCUT2D eigenvalue weighted by molar-refractivity contribution is -0.128. The van der Waals surface area contributed by atoms with Crippen LogP contribution in [0.3, 0.4) is 0 Å². The first-order valence-electron chi connectivity index (χ1n) is 11.5. The molecule has 0 aromatic heterocycles. The van der Waals surface area contributed by atoms with Crippen LogP contribution >= 0.6 is 0 Å². The van der Waals surface area contributed by atoms with Crippen molar-refractivity contribution in [2.45, 2.75) is 26.4 Å². The molecule has 4 rings (SSSR count). The van der Waals surface area contributed by atoms with Gasteiger partial charge in [0.1, 0.15) is 23.9 Å². The van der Waals surface area contributed by atoms with Gasteiger partial charge in [0, 0.05) is 6.08 Å². The highest BCUT2D eigenvalue weighted by molar-refractivity contribution is 5.97. The van der Waals surface area contributed by atoms with E-state index in [1.807, 2.05) is 42.5 Å². The third kappa shape index (κ3) is 6.15. The van der Waals surface area contributed by atoms with Gasteiger partial charge in [0.25, 0.3) is 0 Å². The van der Waals surface area contributed by atoms with Gasteiger partial charge in [-0.1, -0.05) is 62.4 Å². The second-order valence-corrected chi connectivity index (χ2v) is 8.03. The highest BCUT2D eigenvalue weighted by Gasteiger charge is 2.14. The summed E-state index contributed by atoms with van der Waals surface area (Å²) in [6, 6.07) is 25.9. The Bertz CT molecular complexity index is 1360. The molecule has 5 nitrogen and oxygen atoms in total. The van der Waals surface area contributed by atoms with Crippen molar-refractivity contribution in [2.75, 3.05) is 0 Å². The van der Waals surface area contributed by atoms with Gasteiger partial charge in [0.2, 0.25) is 0 Å². The third-order valence-corrected chi connectivity index (χ3v) is 5.43. The lowest BCUT2D eigenvalue weighted by Crippen LogP contribution is -2.10. The van der Waals surface area contributed by atoms with Crippen LogP contribution in [0, 0.1) is 0 Å². The molecule has 0 aliphatic carbocycles. The Morgan fingerprint density at radius 2 is 1.57 bits per heavy atom. The van der Waals surface area contributed by atoms with Crippen molar-refractivity contribution in [3.8, 4) is 17.2 Å². The lowest BCUT2D eigenvalue weighted by atomic mass is 10.1. The second kappa shape index (κ2) is 11.2. The minimum atomic E-state index is -0.524. The van der Waals surface area contributed by atoms with Gasteiger partial charge in [-0.15, -0.1) is 0 Å². The van der Waals surface area contributed by atoms with Crippen LogP contribution in [-0.2, 0) is 17.8 Å². The molecule has 176 valence electrons. The van der Waals surface area contributed by atoms with E-state index >= 15 is 0 Å². The Hall–Kier alpha value is -4.38. The van der Waals surface area contributed by atoms with E-state index in [0.29, 0.717) is 23.7 Å². The van der Waals surface area contributed by atoms with Crippen LogP contribution in [0.1, 0.15) is 34.8 Å². The molecule has 0 aliphatic heterocycles. The summed E-state index contributed by atoms with van der Waals surface area (Å²) in [5.74, 6) is 0.705. The number of carbonyl (C=O) groups excluding carboxylic acids is 2. The maximum Gasteiger partial charge on any atom is 0.343 e. The molecule has 5 heteroatoms. The highest BCUT2D eigenvalue weighted by atomic mass is 16.5. The van der Waals surface area contributed by atoms with E-state index in [1.54, 1.807) is 42.5 Å². The lowest BCUT2D eigenvalue weighted by Gasteiger charge is -2.13. The molecule has 0 saturated carbocycles. The van der Waals surface area contributed by atoms with E-state index < -0.39 is 11.9 Å². The van der Waals surface area contributed by atoms with Crippen LogP contribution in [0.4, 0.5) is 0 Å². The molecule has 35 heavy (non-hydrogen) atoms. The van der Waals surface area contributed by atoms with E-state index in [9.17, 15) is 9.59 Å². The van der Waals surface area contributed by atoms with Gasteiger partial charge in [-0.05, 0) is 70.8 Å². The van der Waals surface area contributed by atoms with Crippen LogP contribution in [0.25, 0.3) is 10.8 Å². The number of aryl methyl sites for hydroxylation is 1. The third-order valence-electron chi connectivity index (χ3n) is 5.43. The molecule has 4 aromatic rings. The van der Waals surface area contributed by atoms with Gasteiger partial charge in [0.15, 0.2) is 0 Å². The molecule has 0 N–H and O–H groups in total. The van der Waals surface area contributed by atoms with Crippen LogP contribution in [-0.4, -0.2) is 11.9 Å². The fourth-order valence-electron chi connectivity index (χ4n) is 3.68. The van der Waals surface area contributed by atoms with Gasteiger partial charge >= 0.3 is 11.9 Å². The predicted octanol–water partition coefficient (Wildman–Crippen LogP) is 6.68. The van der Waals surface area contributed by atoms with Crippen molar-refractivity contribution in [1.82, 2.24) is 0 Å². The fourth-order valence-corrected chi connectivity index (χ4v) is 3.68. The number of rotatable bonds is 9. The van der Waals surface area contributed by atoms with E-state index in [1.165, 1.54) is 0 Å². The molecule has 0 fully saturated rings. The number of fused-ring (bicyclic) bond motifs is 1. The molecule has 0 atom stereocenters. The zero-order chi connectivity index (χ0) is 24.6. The number of carbonyl (C=O) groups is 2. The van der Waals surface area contributed by atoms with Crippen molar-refractivity contribution in [1.29, 1.82) is 0 Å². The first-order chi connectivity index (χ1) is 17.1. The van der Waals surface area contributed by atoms with Crippen LogP contribution < -0.4 is 14.2 Å². The van der Waals surface area contributed by atoms with Crippen LogP contribution in [0.2, 0.25) is 0 Å². The Balaban J connectivity index is 1.49. The molecule has 0 heterocycles. The monoisotopic (exact) mass is 466 g/mol. The standard InChI is InChI=1S/C30H26O5/c1-3-8-24-19-26(33-20-21-9-6-5-7-10-21)15-16-28(24)35-30(32)25-12-11-23-18-27(34-29(31)4-2)14-13-22(23)17-25/h4-7,9-19H,2-3,8,20H2,1H3. The molecule has 0 bridgehead atoms. The molecular formula is C30H26O5. The van der Waals surface area contributed by atoms with Gasteiger partial charge in [-0.3, -0.25) is 0 Å². The van der Waals surface area contributed by atoms with E-state index in [2.05, 4.69) is 13.5 Å². The number of ether oxygens (including phenoxy) is 3. The van der Waals surface area contributed by atoms with Crippen molar-refractivity contribution >= 4 is 22.7 Å². The Kier molecular flexibility index (Phi) is 7.58. The summed E-state index contributed by atoms with van der Waals surface area (Å²) in [6.07, 6.45) is 2.77. The van der Waals surface area contributed by atoms with Gasteiger partial charge in [0.05, 0.1) is 5.56 Å². The second-order valence-electron chi connectivity index (χ2n) is 8.03. The van der Waals surface area contributed by atoms with E-state index in [4.69, 9.17) is 14.2 Å². The molecule has 0 unspecified atom stereocenters. The Labute approximate surface area is 204 Å². The number of esters is 2. The van der Waals surface area contributed by atoms with E-state index in [0.717, 1.165) is 46.6 Å². The molecule has 0 aliphatic rings. The van der Waals surface area contributed by atoms with Crippen molar-refractivity contribution in [3.63, 3.8) is 0 Å². The van der Waals surface area contributed by atoms with Crippen molar-refractivity contribution in [3.05, 3.63) is 114 Å². The maximum atomic E-state index is 12.9. The smallest absolute Gasteiger partial charge is 0.343 e. The normalized spacial score (nSPS) is 10.5. The summed E-state index contributed by atoms with van der Waals surface area (Å²) in [7, 11) is 0. The first-order valence-corrected chi connectivity index (χ1v) is 11.5. The maximum absolute atomic E-state index is 12.9. The molecule has 0 spiro atoms. The van der Waals surface area contributed by atoms with Crippen LogP contribution in [0.5, 0.6) is 17.2 Å². The molecular weight excluding hydrogens is 440 g/mol. The van der Waals surface area contributed by atoms with Crippen molar-refractivity contribution < 1.29 is 23.8 Å². The summed E-state index contributed by atoms with van der Waals surface area (Å²) in [5.41, 5.74) is 2.43. The average Bonchev–Trinajstić information content (AvgIpc) is 2.89. The first kappa shape index (κ1) is 23.8. The average molecular weight is 467 g/mol. The quantitative estimate of drug-likeness (QED) is 0.156. The van der Waals surface area contributed by atoms with Gasteiger partial charge in [-0.2, -0.15) is 0 Å². The van der Waals surface area contributed by atoms with Crippen molar-refractivity contribution in [2.24, 2.45) is 0 Å². The number of hydrogen-bond acceptors (Lipinski definition) is 5. The highest BCUT2D eigenvalue weighted by Crippen LogP contribution is 2.28. The van der Waals surface area contributed by atoms with Crippen LogP contribution in [0.15, 0.2) is 97.6 Å². The van der Waals surface area contributed by atoms with Gasteiger partial charge < -0.3 is 14.2 Å². The summed E-state index contributed by atoms with van der Waals surface area (Å²) in [6.45, 7) is 5.94. The Morgan fingerprint density at radius 1 is 0.829 bits per heavy atom. The SMILES string of the molecule is C=CC(=O)Oc1ccc2cc(C(=O)Oc3ccc(OCc4ccccc4)cc3CCC)ccc2c1. The summed E-state index contributed by atoms with van der Waals surface area (Å²) in [5, 5.41) is 1.67. The summed E-state index contributed by atoms with van der Waals surface area (Å²) in [4.78, 5) is 24.3. The fraction of sp³-hybridized carbons (Fsp3) is 0.133. The summed E-state index contributed by atoms with van der Waals surface area (Å²) < 4.78 is 16.9. The minimum absolute atomic E-state index is 0.413. The molecule has 0 radical (unpaired) electrons. The predicted molar refractivity (Wildman–Crippen MR) is 136 cm³/mol. The molecule has 0 amide bonds. The number of hydrogen-bond donors (Lipinski definition) is 0. The zero-order valence-electron chi connectivity index (χ0n) is 19.5. The molecule has 0 saturated heterocycles. The Morgan fingerprint density at radius 3 is 2.34 bits per heavy atom. The summed E-state index contributed by atoms with van der Waals surface area (Å²) >= 11 is 0. The largest absolute Gasteiger partial charge is 0.489 e. The van der Waals surface area contributed by atoms with E-state index in [-0.39, 0.29) is 0 Å². The topological polar surface area (TPSA) is 61.8 Å². The molecule has 4 aromatic carbocycles. The van der Waals surface area contributed by atoms with Gasteiger partial charge in [-0.25, -0.2) is 9.59 Å².